The number of carbonyl (C=O) groups is 1. The monoisotopic (exact) mass is 462 g/mol. The van der Waals surface area contributed by atoms with E-state index in [-0.39, 0.29) is 23.0 Å². The first kappa shape index (κ1) is 20.4. The molecule has 11 nitrogen and oxygen atoms in total. The van der Waals surface area contributed by atoms with Crippen LogP contribution >= 0.6 is 11.6 Å². The molecule has 0 spiro atoms. The molecule has 4 heterocycles. The zero-order chi connectivity index (χ0) is 22.3. The second-order valence-electron chi connectivity index (χ2n) is 7.62. The number of aromatic nitrogens is 7. The van der Waals surface area contributed by atoms with Crippen molar-refractivity contribution in [3.8, 4) is 0 Å². The van der Waals surface area contributed by atoms with Crippen LogP contribution in [0.25, 0.3) is 0 Å². The van der Waals surface area contributed by atoms with Gasteiger partial charge in [-0.3, -0.25) is 14.9 Å². The number of H-pyrrole nitrogens is 1. The summed E-state index contributed by atoms with van der Waals surface area (Å²) in [6, 6.07) is 0.584. The van der Waals surface area contributed by atoms with E-state index in [0.29, 0.717) is 11.7 Å². The van der Waals surface area contributed by atoms with E-state index in [0.717, 1.165) is 23.4 Å². The summed E-state index contributed by atoms with van der Waals surface area (Å²) >= 11 is 6.03. The number of alkyl halides is 2. The highest BCUT2D eigenvalue weighted by molar-refractivity contribution is 6.28. The lowest BCUT2D eigenvalue weighted by atomic mass is 10.2. The molecule has 32 heavy (non-hydrogen) atoms. The van der Waals surface area contributed by atoms with Crippen molar-refractivity contribution in [3.63, 3.8) is 0 Å². The van der Waals surface area contributed by atoms with Gasteiger partial charge in [-0.25, -0.2) is 13.8 Å². The van der Waals surface area contributed by atoms with E-state index in [4.69, 9.17) is 11.6 Å². The van der Waals surface area contributed by atoms with Gasteiger partial charge in [0.25, 0.3) is 5.92 Å². The number of carbonyl (C=O) groups excluding carboxylic acids is 1. The summed E-state index contributed by atoms with van der Waals surface area (Å²) < 4.78 is 28.6. The molecular formula is C18H17ClF2N10O. The van der Waals surface area contributed by atoms with E-state index in [2.05, 4.69) is 45.8 Å². The van der Waals surface area contributed by atoms with E-state index in [9.17, 15) is 13.6 Å². The van der Waals surface area contributed by atoms with E-state index >= 15 is 0 Å². The fraction of sp³-hybridized carbons (Fsp3) is 0.389. The van der Waals surface area contributed by atoms with Gasteiger partial charge in [-0.2, -0.15) is 20.1 Å². The maximum absolute atomic E-state index is 14.3. The number of nitrogens with zero attached hydrogens (tertiary/aromatic N) is 7. The fourth-order valence-corrected chi connectivity index (χ4v) is 3.63. The number of nitrogens with one attached hydrogen (secondary N) is 3. The van der Waals surface area contributed by atoms with Gasteiger partial charge in [0.15, 0.2) is 11.6 Å². The van der Waals surface area contributed by atoms with Crippen LogP contribution in [0.5, 0.6) is 0 Å². The van der Waals surface area contributed by atoms with Gasteiger partial charge in [0.1, 0.15) is 6.04 Å². The maximum Gasteiger partial charge on any atom is 0.267 e. The van der Waals surface area contributed by atoms with Crippen molar-refractivity contribution in [1.29, 1.82) is 0 Å². The molecule has 166 valence electrons. The van der Waals surface area contributed by atoms with E-state index in [1.807, 2.05) is 6.07 Å². The average Bonchev–Trinajstić information content (AvgIpc) is 3.40. The molecule has 3 N–H and O–H groups in total. The summed E-state index contributed by atoms with van der Waals surface area (Å²) in [5, 5.41) is 12.3. The van der Waals surface area contributed by atoms with Crippen molar-refractivity contribution in [3.05, 3.63) is 35.6 Å². The molecule has 14 heteroatoms. The normalized spacial score (nSPS) is 19.7. The third-order valence-electron chi connectivity index (χ3n) is 5.09. The number of hydrogen-bond donors (Lipinski definition) is 3. The predicted molar refractivity (Wildman–Crippen MR) is 110 cm³/mol. The zero-order valence-corrected chi connectivity index (χ0v) is 17.2. The number of rotatable bonds is 6. The minimum absolute atomic E-state index is 0.0251. The summed E-state index contributed by atoms with van der Waals surface area (Å²) in [5.74, 6) is -2.86. The first-order chi connectivity index (χ1) is 15.4. The Morgan fingerprint density at radius 1 is 1.22 bits per heavy atom. The molecule has 1 aliphatic carbocycles. The molecule has 3 aromatic rings. The average molecular weight is 463 g/mol. The molecule has 0 radical (unpaired) electrons. The Morgan fingerprint density at radius 2 is 2.06 bits per heavy atom. The van der Waals surface area contributed by atoms with Gasteiger partial charge in [0, 0.05) is 36.5 Å². The molecule has 5 rings (SSSR count). The van der Waals surface area contributed by atoms with E-state index in [1.165, 1.54) is 18.6 Å². The second kappa shape index (κ2) is 7.89. The fourth-order valence-electron chi connectivity index (χ4n) is 3.48. The Labute approximate surface area is 185 Å². The van der Waals surface area contributed by atoms with Crippen LogP contribution in [0.15, 0.2) is 24.7 Å². The van der Waals surface area contributed by atoms with Crippen LogP contribution in [-0.4, -0.2) is 59.5 Å². The zero-order valence-electron chi connectivity index (χ0n) is 16.5. The maximum atomic E-state index is 14.3. The van der Waals surface area contributed by atoms with Crippen molar-refractivity contribution < 1.29 is 13.6 Å². The lowest BCUT2D eigenvalue weighted by Crippen LogP contribution is -2.41. The number of aromatic amines is 1. The number of hydrogen-bond acceptors (Lipinski definition) is 9. The third-order valence-corrected chi connectivity index (χ3v) is 5.26. The third kappa shape index (κ3) is 4.42. The first-order valence-electron chi connectivity index (χ1n) is 9.81. The van der Waals surface area contributed by atoms with Crippen LogP contribution in [0, 0.1) is 0 Å². The highest BCUT2D eigenvalue weighted by Gasteiger charge is 2.49. The Kier molecular flexibility index (Phi) is 5.04. The van der Waals surface area contributed by atoms with Gasteiger partial charge in [-0.15, -0.1) is 0 Å². The molecule has 1 saturated carbocycles. The lowest BCUT2D eigenvalue weighted by molar-refractivity contribution is -0.118. The van der Waals surface area contributed by atoms with E-state index < -0.39 is 30.8 Å². The Bertz CT molecular complexity index is 1140. The molecule has 0 aromatic carbocycles. The van der Waals surface area contributed by atoms with Crippen molar-refractivity contribution in [2.75, 3.05) is 22.1 Å². The minimum Gasteiger partial charge on any atom is -0.322 e. The number of amides is 1. The van der Waals surface area contributed by atoms with Crippen molar-refractivity contribution >= 4 is 41.0 Å². The number of halogens is 3. The van der Waals surface area contributed by atoms with Crippen LogP contribution in [0.4, 0.5) is 32.3 Å². The molecule has 1 saturated heterocycles. The smallest absolute Gasteiger partial charge is 0.267 e. The van der Waals surface area contributed by atoms with Crippen LogP contribution in [0.3, 0.4) is 0 Å². The van der Waals surface area contributed by atoms with Gasteiger partial charge in [-0.05, 0) is 24.4 Å². The SMILES string of the molecule is O=C(Nc1cnccn1)[C@@H]1CC(F)(F)CN1c1nc(Cl)nc(Nc2cc(C3CC3)[nH]n2)n1. The molecule has 0 bridgehead atoms. The number of anilines is 4. The van der Waals surface area contributed by atoms with Gasteiger partial charge in [-0.1, -0.05) is 0 Å². The van der Waals surface area contributed by atoms with Gasteiger partial charge >= 0.3 is 0 Å². The van der Waals surface area contributed by atoms with Crippen molar-refractivity contribution in [2.45, 2.75) is 37.1 Å². The highest BCUT2D eigenvalue weighted by atomic mass is 35.5. The Morgan fingerprint density at radius 3 is 2.81 bits per heavy atom. The molecular weight excluding hydrogens is 446 g/mol. The summed E-state index contributed by atoms with van der Waals surface area (Å²) in [4.78, 5) is 33.8. The summed E-state index contributed by atoms with van der Waals surface area (Å²) in [6.07, 6.45) is 5.62. The standard InChI is InChI=1S/C18H17ClF2N10O/c19-15-26-16(25-12-5-10(29-30-12)9-1-2-9)28-17(27-15)31-8-18(20,21)6-11(31)14(32)24-13-7-22-3-4-23-13/h3-5,7,9,11H,1-2,6,8H2,(H,23,24,32)(H2,25,26,27,28,29,30)/t11-/m0/s1. The molecule has 0 unspecified atom stereocenters. The Hall–Kier alpha value is -3.48. The quantitative estimate of drug-likeness (QED) is 0.504. The summed E-state index contributed by atoms with van der Waals surface area (Å²) in [6.45, 7) is -0.750. The van der Waals surface area contributed by atoms with Crippen molar-refractivity contribution in [1.82, 2.24) is 35.1 Å². The molecule has 3 aromatic heterocycles. The van der Waals surface area contributed by atoms with Crippen LogP contribution in [0.2, 0.25) is 5.28 Å². The molecule has 2 fully saturated rings. The molecule has 1 amide bonds. The van der Waals surface area contributed by atoms with Crippen LogP contribution in [0.1, 0.15) is 30.9 Å². The second-order valence-corrected chi connectivity index (χ2v) is 7.96. The van der Waals surface area contributed by atoms with E-state index in [1.54, 1.807) is 0 Å². The lowest BCUT2D eigenvalue weighted by Gasteiger charge is -2.23. The van der Waals surface area contributed by atoms with Crippen LogP contribution < -0.4 is 15.5 Å². The topological polar surface area (TPSA) is 138 Å². The first-order valence-corrected chi connectivity index (χ1v) is 10.2. The molecule has 2 aliphatic rings. The van der Waals surface area contributed by atoms with Gasteiger partial charge < -0.3 is 15.5 Å². The Balaban J connectivity index is 1.38. The molecule has 1 atom stereocenters. The predicted octanol–water partition coefficient (Wildman–Crippen LogP) is 2.51. The van der Waals surface area contributed by atoms with Gasteiger partial charge in [0.2, 0.25) is 23.1 Å². The summed E-state index contributed by atoms with van der Waals surface area (Å²) in [7, 11) is 0. The minimum atomic E-state index is -3.13. The summed E-state index contributed by atoms with van der Waals surface area (Å²) in [5.41, 5.74) is 0.993. The highest BCUT2D eigenvalue weighted by Crippen LogP contribution is 2.40. The van der Waals surface area contributed by atoms with Crippen LogP contribution in [-0.2, 0) is 4.79 Å². The molecule has 1 aliphatic heterocycles. The van der Waals surface area contributed by atoms with Crippen molar-refractivity contribution in [2.24, 2.45) is 0 Å². The largest absolute Gasteiger partial charge is 0.322 e. The van der Waals surface area contributed by atoms with Gasteiger partial charge in [0.05, 0.1) is 12.7 Å².